The Labute approximate surface area is 104 Å². The van der Waals surface area contributed by atoms with Crippen LogP contribution < -0.4 is 0 Å². The number of hydrogen-bond donors (Lipinski definition) is 1. The van der Waals surface area contributed by atoms with Gasteiger partial charge in [-0.25, -0.2) is 4.39 Å². The fraction of sp³-hybridized carbons (Fsp3) is 0.143. The highest BCUT2D eigenvalue weighted by Gasteiger charge is 2.24. The molecule has 0 aliphatic carbocycles. The number of aromatic nitrogens is 1. The Morgan fingerprint density at radius 1 is 1.22 bits per heavy atom. The molecule has 4 heteroatoms. The van der Waals surface area contributed by atoms with Crippen molar-refractivity contribution in [1.82, 2.24) is 9.88 Å². The first-order chi connectivity index (χ1) is 8.74. The third-order valence-corrected chi connectivity index (χ3v) is 3.13. The van der Waals surface area contributed by atoms with E-state index in [0.717, 1.165) is 11.1 Å². The van der Waals surface area contributed by atoms with E-state index in [2.05, 4.69) is 4.98 Å². The first-order valence-electron chi connectivity index (χ1n) is 5.75. The second-order valence-electron chi connectivity index (χ2n) is 4.36. The second kappa shape index (κ2) is 4.22. The summed E-state index contributed by atoms with van der Waals surface area (Å²) in [5.41, 5.74) is 2.81. The Bertz CT molecular complexity index is 595. The van der Waals surface area contributed by atoms with E-state index in [1.165, 1.54) is 12.1 Å². The average Bonchev–Trinajstić information content (AvgIpc) is 2.68. The van der Waals surface area contributed by atoms with Crippen LogP contribution in [-0.2, 0) is 13.1 Å². The molecule has 0 unspecified atom stereocenters. The molecule has 0 amide bonds. The zero-order valence-electron chi connectivity index (χ0n) is 9.73. The van der Waals surface area contributed by atoms with Gasteiger partial charge in [0.25, 0.3) is 0 Å². The zero-order chi connectivity index (χ0) is 12.5. The highest BCUT2D eigenvalue weighted by molar-refractivity contribution is 6.00. The van der Waals surface area contributed by atoms with Crippen molar-refractivity contribution in [2.24, 2.45) is 0 Å². The van der Waals surface area contributed by atoms with E-state index < -0.39 is 0 Å². The van der Waals surface area contributed by atoms with E-state index in [4.69, 9.17) is 5.41 Å². The number of fused-ring (bicyclic) bond motifs is 1. The van der Waals surface area contributed by atoms with Crippen LogP contribution in [0.5, 0.6) is 0 Å². The molecule has 0 saturated heterocycles. The molecular weight excluding hydrogens is 229 g/mol. The lowest BCUT2D eigenvalue weighted by atomic mass is 10.1. The molecule has 90 valence electrons. The highest BCUT2D eigenvalue weighted by atomic mass is 19.1. The predicted molar refractivity (Wildman–Crippen MR) is 66.7 cm³/mol. The van der Waals surface area contributed by atoms with Gasteiger partial charge in [0, 0.05) is 31.0 Å². The van der Waals surface area contributed by atoms with E-state index in [1.54, 1.807) is 18.5 Å². The number of pyridine rings is 1. The van der Waals surface area contributed by atoms with Crippen LogP contribution in [0.3, 0.4) is 0 Å². The SMILES string of the molecule is N=C1c2cc(F)ccc2CN1Cc1ccncc1. The van der Waals surface area contributed by atoms with E-state index in [1.807, 2.05) is 17.0 Å². The van der Waals surface area contributed by atoms with Crippen LogP contribution in [0.25, 0.3) is 0 Å². The van der Waals surface area contributed by atoms with Crippen molar-refractivity contribution < 1.29 is 4.39 Å². The minimum atomic E-state index is -0.288. The fourth-order valence-electron chi connectivity index (χ4n) is 2.21. The van der Waals surface area contributed by atoms with Gasteiger partial charge in [0.1, 0.15) is 11.7 Å². The first-order valence-corrected chi connectivity index (χ1v) is 5.75. The largest absolute Gasteiger partial charge is 0.348 e. The summed E-state index contributed by atoms with van der Waals surface area (Å²) in [6.07, 6.45) is 3.48. The number of amidine groups is 1. The van der Waals surface area contributed by atoms with Crippen molar-refractivity contribution in [2.45, 2.75) is 13.1 Å². The quantitative estimate of drug-likeness (QED) is 0.877. The third-order valence-electron chi connectivity index (χ3n) is 3.13. The van der Waals surface area contributed by atoms with Crippen LogP contribution in [-0.4, -0.2) is 15.7 Å². The molecule has 3 rings (SSSR count). The van der Waals surface area contributed by atoms with Crippen molar-refractivity contribution in [1.29, 1.82) is 5.41 Å². The van der Waals surface area contributed by atoms with Crippen molar-refractivity contribution in [2.75, 3.05) is 0 Å². The van der Waals surface area contributed by atoms with Crippen molar-refractivity contribution in [3.8, 4) is 0 Å². The van der Waals surface area contributed by atoms with Gasteiger partial charge >= 0.3 is 0 Å². The Morgan fingerprint density at radius 2 is 2.00 bits per heavy atom. The maximum absolute atomic E-state index is 13.2. The number of halogens is 1. The second-order valence-corrected chi connectivity index (χ2v) is 4.36. The van der Waals surface area contributed by atoms with E-state index in [-0.39, 0.29) is 5.82 Å². The molecule has 1 N–H and O–H groups in total. The standard InChI is InChI=1S/C14H12FN3/c15-12-2-1-11-9-18(14(16)13(11)7-12)8-10-3-5-17-6-4-10/h1-7,16H,8-9H2. The maximum atomic E-state index is 13.2. The van der Waals surface area contributed by atoms with E-state index in [0.29, 0.717) is 24.5 Å². The minimum Gasteiger partial charge on any atom is -0.348 e. The fourth-order valence-corrected chi connectivity index (χ4v) is 2.21. The lowest BCUT2D eigenvalue weighted by Crippen LogP contribution is -2.23. The average molecular weight is 241 g/mol. The summed E-state index contributed by atoms with van der Waals surface area (Å²) in [7, 11) is 0. The van der Waals surface area contributed by atoms with Gasteiger partial charge < -0.3 is 4.90 Å². The zero-order valence-corrected chi connectivity index (χ0v) is 9.73. The Hall–Kier alpha value is -2.23. The van der Waals surface area contributed by atoms with Gasteiger partial charge in [-0.3, -0.25) is 10.4 Å². The molecule has 2 aromatic rings. The van der Waals surface area contributed by atoms with E-state index in [9.17, 15) is 4.39 Å². The van der Waals surface area contributed by atoms with Crippen LogP contribution in [0.2, 0.25) is 0 Å². The van der Waals surface area contributed by atoms with Crippen LogP contribution in [0, 0.1) is 11.2 Å². The molecule has 1 aliphatic heterocycles. The van der Waals surface area contributed by atoms with Gasteiger partial charge in [-0.05, 0) is 35.4 Å². The Kier molecular flexibility index (Phi) is 2.55. The topological polar surface area (TPSA) is 40.0 Å². The van der Waals surface area contributed by atoms with Crippen molar-refractivity contribution in [3.63, 3.8) is 0 Å². The summed E-state index contributed by atoms with van der Waals surface area (Å²) < 4.78 is 13.2. The first kappa shape index (κ1) is 10.9. The summed E-state index contributed by atoms with van der Waals surface area (Å²) in [6.45, 7) is 1.31. The molecule has 0 spiro atoms. The predicted octanol–water partition coefficient (Wildman–Crippen LogP) is 2.56. The number of nitrogens with one attached hydrogen (secondary N) is 1. The molecule has 0 saturated carbocycles. The molecule has 0 atom stereocenters. The monoisotopic (exact) mass is 241 g/mol. The summed E-state index contributed by atoms with van der Waals surface area (Å²) in [5.74, 6) is 0.102. The number of hydrogen-bond acceptors (Lipinski definition) is 2. The highest BCUT2D eigenvalue weighted by Crippen LogP contribution is 2.24. The smallest absolute Gasteiger partial charge is 0.129 e. The van der Waals surface area contributed by atoms with Gasteiger partial charge in [-0.15, -0.1) is 0 Å². The van der Waals surface area contributed by atoms with Crippen molar-refractivity contribution >= 4 is 5.84 Å². The summed E-state index contributed by atoms with van der Waals surface area (Å²) in [4.78, 5) is 5.90. The van der Waals surface area contributed by atoms with Crippen LogP contribution in [0.15, 0.2) is 42.7 Å². The lowest BCUT2D eigenvalue weighted by molar-refractivity contribution is 0.422. The number of benzene rings is 1. The van der Waals surface area contributed by atoms with Gasteiger partial charge in [-0.2, -0.15) is 0 Å². The minimum absolute atomic E-state index is 0.288. The molecule has 1 aromatic carbocycles. The number of rotatable bonds is 2. The summed E-state index contributed by atoms with van der Waals surface area (Å²) in [6, 6.07) is 8.49. The van der Waals surface area contributed by atoms with E-state index >= 15 is 0 Å². The van der Waals surface area contributed by atoms with Crippen LogP contribution >= 0.6 is 0 Å². The van der Waals surface area contributed by atoms with Crippen molar-refractivity contribution in [3.05, 3.63) is 65.2 Å². The van der Waals surface area contributed by atoms with Crippen LogP contribution in [0.4, 0.5) is 4.39 Å². The summed E-state index contributed by atoms with van der Waals surface area (Å²) in [5, 5.41) is 8.08. The van der Waals surface area contributed by atoms with Gasteiger partial charge in [0.2, 0.25) is 0 Å². The molecule has 3 nitrogen and oxygen atoms in total. The normalized spacial score (nSPS) is 13.8. The Morgan fingerprint density at radius 3 is 2.78 bits per heavy atom. The molecular formula is C14H12FN3. The molecule has 0 fully saturated rings. The molecule has 0 radical (unpaired) electrons. The summed E-state index contributed by atoms with van der Waals surface area (Å²) >= 11 is 0. The molecule has 1 aliphatic rings. The maximum Gasteiger partial charge on any atom is 0.129 e. The molecule has 1 aromatic heterocycles. The lowest BCUT2D eigenvalue weighted by Gasteiger charge is -2.17. The molecule has 0 bridgehead atoms. The number of nitrogens with zero attached hydrogens (tertiary/aromatic N) is 2. The van der Waals surface area contributed by atoms with Gasteiger partial charge in [-0.1, -0.05) is 6.07 Å². The third kappa shape index (κ3) is 1.86. The molecule has 2 heterocycles. The van der Waals surface area contributed by atoms with Crippen LogP contribution in [0.1, 0.15) is 16.7 Å². The van der Waals surface area contributed by atoms with Gasteiger partial charge in [0.15, 0.2) is 0 Å². The molecule has 18 heavy (non-hydrogen) atoms. The van der Waals surface area contributed by atoms with Gasteiger partial charge in [0.05, 0.1) is 0 Å². The Balaban J connectivity index is 1.85.